The van der Waals surface area contributed by atoms with Crippen molar-refractivity contribution in [2.24, 2.45) is 11.3 Å². The fourth-order valence-corrected chi connectivity index (χ4v) is 3.59. The van der Waals surface area contributed by atoms with Gasteiger partial charge < -0.3 is 9.84 Å². The molecule has 1 atom stereocenters. The zero-order valence-corrected chi connectivity index (χ0v) is 10.5. The molecule has 0 radical (unpaired) electrons. The molecule has 4 nitrogen and oxygen atoms in total. The Labute approximate surface area is 106 Å². The maximum atomic E-state index is 12.2. The van der Waals surface area contributed by atoms with Crippen molar-refractivity contribution in [2.75, 3.05) is 5.32 Å². The lowest BCUT2D eigenvalue weighted by molar-refractivity contribution is -0.118. The number of nitrogens with zero attached hydrogens (tertiary/aromatic N) is 1. The second-order valence-electron chi connectivity index (χ2n) is 6.10. The predicted molar refractivity (Wildman–Crippen MR) is 66.2 cm³/mol. The van der Waals surface area contributed by atoms with Gasteiger partial charge in [-0.1, -0.05) is 11.6 Å². The molecule has 96 valence electrons. The molecule has 1 spiro atoms. The van der Waals surface area contributed by atoms with E-state index in [2.05, 4.69) is 10.5 Å². The van der Waals surface area contributed by atoms with Crippen LogP contribution in [0.1, 0.15) is 49.8 Å². The van der Waals surface area contributed by atoms with Crippen molar-refractivity contribution in [3.63, 3.8) is 0 Å². The van der Waals surface area contributed by atoms with Crippen molar-refractivity contribution in [3.8, 4) is 0 Å². The molecule has 4 rings (SSSR count). The lowest BCUT2D eigenvalue weighted by Crippen LogP contribution is -2.23. The first kappa shape index (κ1) is 10.6. The van der Waals surface area contributed by atoms with Crippen LogP contribution in [-0.4, -0.2) is 11.1 Å². The van der Waals surface area contributed by atoms with Gasteiger partial charge in [-0.05, 0) is 43.9 Å². The highest BCUT2D eigenvalue weighted by Gasteiger charge is 2.61. The van der Waals surface area contributed by atoms with Crippen LogP contribution in [0.15, 0.2) is 4.52 Å². The topological polar surface area (TPSA) is 55.1 Å². The Hall–Kier alpha value is -1.32. The standard InChI is InChI=1S/C14H18N2O2/c17-13(10-8-14(10)6-3-7-14)15-12-9-4-1-2-5-11(9)18-16-12/h10H,1-8H2,(H,15,16,17). The largest absolute Gasteiger partial charge is 0.359 e. The summed E-state index contributed by atoms with van der Waals surface area (Å²) in [6.45, 7) is 0. The summed E-state index contributed by atoms with van der Waals surface area (Å²) in [4.78, 5) is 12.2. The summed E-state index contributed by atoms with van der Waals surface area (Å²) in [5.74, 6) is 2.07. The van der Waals surface area contributed by atoms with Crippen LogP contribution in [0.3, 0.4) is 0 Å². The minimum atomic E-state index is 0.163. The van der Waals surface area contributed by atoms with Gasteiger partial charge >= 0.3 is 0 Å². The number of amides is 1. The molecule has 0 aromatic carbocycles. The molecule has 3 aliphatic carbocycles. The van der Waals surface area contributed by atoms with Crippen LogP contribution >= 0.6 is 0 Å². The van der Waals surface area contributed by atoms with Gasteiger partial charge in [0.2, 0.25) is 5.91 Å². The monoisotopic (exact) mass is 246 g/mol. The number of rotatable bonds is 2. The second-order valence-corrected chi connectivity index (χ2v) is 6.10. The lowest BCUT2D eigenvalue weighted by atomic mass is 9.79. The van der Waals surface area contributed by atoms with E-state index in [1.165, 1.54) is 32.1 Å². The Balaban J connectivity index is 1.48. The quantitative estimate of drug-likeness (QED) is 0.872. The number of aromatic nitrogens is 1. The summed E-state index contributed by atoms with van der Waals surface area (Å²) in [5.41, 5.74) is 1.52. The lowest BCUT2D eigenvalue weighted by Gasteiger charge is -2.26. The van der Waals surface area contributed by atoms with E-state index in [1.54, 1.807) is 0 Å². The smallest absolute Gasteiger partial charge is 0.229 e. The van der Waals surface area contributed by atoms with Crippen LogP contribution in [0.2, 0.25) is 0 Å². The fraction of sp³-hybridized carbons (Fsp3) is 0.714. The average molecular weight is 246 g/mol. The van der Waals surface area contributed by atoms with Crippen molar-refractivity contribution < 1.29 is 9.32 Å². The highest BCUT2D eigenvalue weighted by molar-refractivity contribution is 5.95. The Kier molecular flexibility index (Phi) is 2.11. The maximum Gasteiger partial charge on any atom is 0.229 e. The van der Waals surface area contributed by atoms with Crippen molar-refractivity contribution in [3.05, 3.63) is 11.3 Å². The summed E-state index contributed by atoms with van der Waals surface area (Å²) in [5, 5.41) is 7.02. The van der Waals surface area contributed by atoms with Crippen molar-refractivity contribution in [1.82, 2.24) is 5.16 Å². The van der Waals surface area contributed by atoms with E-state index in [9.17, 15) is 4.79 Å². The number of carbonyl (C=O) groups excluding carboxylic acids is 1. The van der Waals surface area contributed by atoms with E-state index >= 15 is 0 Å². The first-order chi connectivity index (χ1) is 8.78. The van der Waals surface area contributed by atoms with Crippen molar-refractivity contribution >= 4 is 11.7 Å². The van der Waals surface area contributed by atoms with Gasteiger partial charge in [0.1, 0.15) is 5.76 Å². The molecule has 1 heterocycles. The van der Waals surface area contributed by atoms with E-state index in [0.29, 0.717) is 11.2 Å². The SMILES string of the molecule is O=C(Nc1noc2c1CCCC2)C1CC12CCC2. The van der Waals surface area contributed by atoms with Crippen molar-refractivity contribution in [2.45, 2.75) is 51.4 Å². The zero-order chi connectivity index (χ0) is 12.2. The van der Waals surface area contributed by atoms with Gasteiger partial charge in [-0.15, -0.1) is 0 Å². The molecular weight excluding hydrogens is 228 g/mol. The van der Waals surface area contributed by atoms with E-state index in [4.69, 9.17) is 4.52 Å². The molecule has 4 heteroatoms. The molecule has 1 aromatic heterocycles. The van der Waals surface area contributed by atoms with Crippen LogP contribution in [0.5, 0.6) is 0 Å². The van der Waals surface area contributed by atoms with E-state index < -0.39 is 0 Å². The van der Waals surface area contributed by atoms with Crippen LogP contribution in [0.4, 0.5) is 5.82 Å². The van der Waals surface area contributed by atoms with Crippen molar-refractivity contribution in [1.29, 1.82) is 0 Å². The van der Waals surface area contributed by atoms with Crippen LogP contribution < -0.4 is 5.32 Å². The van der Waals surface area contributed by atoms with Gasteiger partial charge in [0.25, 0.3) is 0 Å². The summed E-state index contributed by atoms with van der Waals surface area (Å²) in [7, 11) is 0. The highest BCUT2D eigenvalue weighted by atomic mass is 16.5. The molecule has 1 N–H and O–H groups in total. The van der Waals surface area contributed by atoms with Crippen LogP contribution in [0.25, 0.3) is 0 Å². The summed E-state index contributed by atoms with van der Waals surface area (Å²) in [6, 6.07) is 0. The fourth-order valence-electron chi connectivity index (χ4n) is 3.59. The number of anilines is 1. The first-order valence-corrected chi connectivity index (χ1v) is 7.07. The normalized spacial score (nSPS) is 27.4. The zero-order valence-electron chi connectivity index (χ0n) is 10.5. The number of hydrogen-bond donors (Lipinski definition) is 1. The van der Waals surface area contributed by atoms with Gasteiger partial charge in [0.05, 0.1) is 0 Å². The molecule has 0 saturated heterocycles. The minimum absolute atomic E-state index is 0.163. The third-order valence-electron chi connectivity index (χ3n) is 5.05. The summed E-state index contributed by atoms with van der Waals surface area (Å²) < 4.78 is 5.32. The Morgan fingerprint density at radius 3 is 2.83 bits per heavy atom. The van der Waals surface area contributed by atoms with Gasteiger partial charge in [-0.3, -0.25) is 4.79 Å². The third-order valence-corrected chi connectivity index (χ3v) is 5.05. The number of aryl methyl sites for hydroxylation is 1. The molecular formula is C14H18N2O2. The van der Waals surface area contributed by atoms with Gasteiger partial charge in [0, 0.05) is 17.9 Å². The van der Waals surface area contributed by atoms with Crippen LogP contribution in [0, 0.1) is 11.3 Å². The summed E-state index contributed by atoms with van der Waals surface area (Å²) in [6.07, 6.45) is 9.15. The number of nitrogens with one attached hydrogen (secondary N) is 1. The minimum Gasteiger partial charge on any atom is -0.359 e. The molecule has 2 fully saturated rings. The molecule has 1 unspecified atom stereocenters. The molecule has 1 aromatic rings. The predicted octanol–water partition coefficient (Wildman–Crippen LogP) is 2.68. The Morgan fingerprint density at radius 2 is 2.11 bits per heavy atom. The van der Waals surface area contributed by atoms with Gasteiger partial charge in [0.15, 0.2) is 5.82 Å². The molecule has 0 bridgehead atoms. The number of fused-ring (bicyclic) bond motifs is 1. The number of hydrogen-bond acceptors (Lipinski definition) is 3. The first-order valence-electron chi connectivity index (χ1n) is 7.07. The molecule has 0 aliphatic heterocycles. The van der Waals surface area contributed by atoms with E-state index in [-0.39, 0.29) is 11.8 Å². The average Bonchev–Trinajstić information content (AvgIpc) is 3.01. The van der Waals surface area contributed by atoms with Crippen LogP contribution in [-0.2, 0) is 17.6 Å². The maximum absolute atomic E-state index is 12.2. The van der Waals surface area contributed by atoms with Gasteiger partial charge in [-0.25, -0.2) is 0 Å². The molecule has 3 aliphatic rings. The molecule has 1 amide bonds. The summed E-state index contributed by atoms with van der Waals surface area (Å²) >= 11 is 0. The number of carbonyl (C=O) groups is 1. The van der Waals surface area contributed by atoms with E-state index in [0.717, 1.165) is 30.6 Å². The Morgan fingerprint density at radius 1 is 1.28 bits per heavy atom. The second kappa shape index (κ2) is 3.59. The van der Waals surface area contributed by atoms with E-state index in [1.807, 2.05) is 0 Å². The van der Waals surface area contributed by atoms with Gasteiger partial charge in [-0.2, -0.15) is 0 Å². The molecule has 2 saturated carbocycles. The third kappa shape index (κ3) is 1.44. The highest BCUT2D eigenvalue weighted by Crippen LogP contribution is 2.65. The Bertz CT molecular complexity index is 502. The molecule has 18 heavy (non-hydrogen) atoms.